The van der Waals surface area contributed by atoms with E-state index in [2.05, 4.69) is 9.97 Å². The van der Waals surface area contributed by atoms with Crippen LogP contribution >= 0.6 is 0 Å². The van der Waals surface area contributed by atoms with Crippen molar-refractivity contribution < 1.29 is 9.47 Å². The van der Waals surface area contributed by atoms with Gasteiger partial charge in [0.15, 0.2) is 11.9 Å². The van der Waals surface area contributed by atoms with Crippen LogP contribution in [0.3, 0.4) is 0 Å². The van der Waals surface area contributed by atoms with Crippen molar-refractivity contribution >= 4 is 0 Å². The molecule has 0 fully saturated rings. The summed E-state index contributed by atoms with van der Waals surface area (Å²) in [5, 5.41) is 0. The van der Waals surface area contributed by atoms with Gasteiger partial charge in [0, 0.05) is 12.8 Å². The number of aromatic amines is 1. The highest BCUT2D eigenvalue weighted by atomic mass is 16.5. The molecule has 1 aromatic heterocycles. The van der Waals surface area contributed by atoms with E-state index in [1.54, 1.807) is 0 Å². The van der Waals surface area contributed by atoms with Gasteiger partial charge in [-0.25, -0.2) is 4.98 Å². The van der Waals surface area contributed by atoms with Crippen LogP contribution in [0.4, 0.5) is 0 Å². The Morgan fingerprint density at radius 2 is 2.20 bits per heavy atom. The summed E-state index contributed by atoms with van der Waals surface area (Å²) in [4.78, 5) is 19.5. The normalized spacial score (nSPS) is 20.1. The lowest BCUT2D eigenvalue weighted by molar-refractivity contribution is 0.107. The Kier molecular flexibility index (Phi) is 2.60. The monoisotopic (exact) mass is 270 g/mol. The topological polar surface area (TPSA) is 64.2 Å². The smallest absolute Gasteiger partial charge is 0.256 e. The lowest BCUT2D eigenvalue weighted by Gasteiger charge is -2.17. The SMILES string of the molecule is O=c1[nH]c(C2Cc3ccccc3O2)nc2c1COCC2. The van der Waals surface area contributed by atoms with Gasteiger partial charge in [-0.3, -0.25) is 4.79 Å². The van der Waals surface area contributed by atoms with E-state index in [0.29, 0.717) is 31.0 Å². The number of ether oxygens (including phenoxy) is 2. The molecule has 5 heteroatoms. The predicted octanol–water partition coefficient (Wildman–Crippen LogP) is 1.52. The second-order valence-electron chi connectivity index (χ2n) is 5.10. The van der Waals surface area contributed by atoms with Gasteiger partial charge in [-0.15, -0.1) is 0 Å². The molecule has 3 heterocycles. The first-order chi connectivity index (χ1) is 9.81. The van der Waals surface area contributed by atoms with Gasteiger partial charge in [-0.05, 0) is 11.6 Å². The van der Waals surface area contributed by atoms with Crippen LogP contribution in [-0.2, 0) is 24.2 Å². The third-order valence-electron chi connectivity index (χ3n) is 3.80. The summed E-state index contributed by atoms with van der Waals surface area (Å²) in [7, 11) is 0. The summed E-state index contributed by atoms with van der Waals surface area (Å²) in [6.45, 7) is 0.971. The van der Waals surface area contributed by atoms with Gasteiger partial charge in [0.05, 0.1) is 24.5 Å². The first-order valence-electron chi connectivity index (χ1n) is 6.75. The molecule has 20 heavy (non-hydrogen) atoms. The van der Waals surface area contributed by atoms with E-state index in [4.69, 9.17) is 9.47 Å². The molecule has 0 radical (unpaired) electrons. The van der Waals surface area contributed by atoms with Crippen molar-refractivity contribution in [2.75, 3.05) is 6.61 Å². The Bertz CT molecular complexity index is 698. The molecule has 0 saturated heterocycles. The first kappa shape index (κ1) is 11.7. The van der Waals surface area contributed by atoms with Crippen LogP contribution < -0.4 is 10.3 Å². The molecule has 5 nitrogen and oxygen atoms in total. The Hall–Kier alpha value is -2.14. The lowest BCUT2D eigenvalue weighted by Crippen LogP contribution is -2.27. The van der Waals surface area contributed by atoms with E-state index < -0.39 is 0 Å². The van der Waals surface area contributed by atoms with E-state index in [1.165, 1.54) is 0 Å². The predicted molar refractivity (Wildman–Crippen MR) is 71.7 cm³/mol. The number of rotatable bonds is 1. The summed E-state index contributed by atoms with van der Waals surface area (Å²) in [5.41, 5.74) is 2.54. The number of fused-ring (bicyclic) bond motifs is 2. The summed E-state index contributed by atoms with van der Waals surface area (Å²) in [5.74, 6) is 1.49. The van der Waals surface area contributed by atoms with Crippen molar-refractivity contribution in [1.82, 2.24) is 9.97 Å². The first-order valence-corrected chi connectivity index (χ1v) is 6.75. The van der Waals surface area contributed by atoms with Gasteiger partial charge in [-0.1, -0.05) is 18.2 Å². The minimum Gasteiger partial charge on any atom is -0.482 e. The van der Waals surface area contributed by atoms with Crippen molar-refractivity contribution in [2.45, 2.75) is 25.6 Å². The summed E-state index contributed by atoms with van der Waals surface area (Å²) in [6, 6.07) is 7.92. The maximum Gasteiger partial charge on any atom is 0.256 e. The third-order valence-corrected chi connectivity index (χ3v) is 3.80. The Labute approximate surface area is 115 Å². The zero-order valence-corrected chi connectivity index (χ0v) is 10.9. The second-order valence-corrected chi connectivity index (χ2v) is 5.10. The Morgan fingerprint density at radius 3 is 3.10 bits per heavy atom. The van der Waals surface area contributed by atoms with Crippen molar-refractivity contribution in [3.05, 3.63) is 57.3 Å². The van der Waals surface area contributed by atoms with Crippen molar-refractivity contribution in [3.63, 3.8) is 0 Å². The maximum atomic E-state index is 12.1. The molecule has 2 aliphatic rings. The van der Waals surface area contributed by atoms with Crippen LogP contribution in [0.25, 0.3) is 0 Å². The molecule has 1 aromatic carbocycles. The average Bonchev–Trinajstić information content (AvgIpc) is 2.91. The van der Waals surface area contributed by atoms with Gasteiger partial charge in [0.2, 0.25) is 0 Å². The van der Waals surface area contributed by atoms with Gasteiger partial charge in [-0.2, -0.15) is 0 Å². The summed E-state index contributed by atoms with van der Waals surface area (Å²) in [6.07, 6.45) is 1.23. The zero-order valence-electron chi connectivity index (χ0n) is 10.9. The maximum absolute atomic E-state index is 12.1. The number of hydrogen-bond donors (Lipinski definition) is 1. The molecule has 0 saturated carbocycles. The molecule has 2 aromatic rings. The highest BCUT2D eigenvalue weighted by Crippen LogP contribution is 2.34. The fourth-order valence-electron chi connectivity index (χ4n) is 2.75. The molecule has 4 rings (SSSR count). The average molecular weight is 270 g/mol. The third kappa shape index (κ3) is 1.82. The fourth-order valence-corrected chi connectivity index (χ4v) is 2.75. The quantitative estimate of drug-likeness (QED) is 0.853. The molecule has 1 N–H and O–H groups in total. The largest absolute Gasteiger partial charge is 0.482 e. The van der Waals surface area contributed by atoms with E-state index in [1.807, 2.05) is 24.3 Å². The van der Waals surface area contributed by atoms with E-state index in [9.17, 15) is 4.79 Å². The Morgan fingerprint density at radius 1 is 1.30 bits per heavy atom. The van der Waals surface area contributed by atoms with E-state index in [0.717, 1.165) is 23.4 Å². The molecular formula is C15H14N2O3. The van der Waals surface area contributed by atoms with Crippen LogP contribution in [-0.4, -0.2) is 16.6 Å². The van der Waals surface area contributed by atoms with Gasteiger partial charge < -0.3 is 14.5 Å². The molecule has 0 spiro atoms. The van der Waals surface area contributed by atoms with Gasteiger partial charge >= 0.3 is 0 Å². The van der Waals surface area contributed by atoms with Gasteiger partial charge in [0.1, 0.15) is 5.75 Å². The molecule has 0 bridgehead atoms. The molecule has 1 unspecified atom stereocenters. The number of aromatic nitrogens is 2. The van der Waals surface area contributed by atoms with Crippen molar-refractivity contribution in [2.24, 2.45) is 0 Å². The number of para-hydroxylation sites is 1. The van der Waals surface area contributed by atoms with Crippen LogP contribution in [0.15, 0.2) is 29.1 Å². The summed E-state index contributed by atoms with van der Waals surface area (Å²) >= 11 is 0. The number of H-pyrrole nitrogens is 1. The van der Waals surface area contributed by atoms with Gasteiger partial charge in [0.25, 0.3) is 5.56 Å². The highest BCUT2D eigenvalue weighted by molar-refractivity contribution is 5.38. The number of hydrogen-bond acceptors (Lipinski definition) is 4. The van der Waals surface area contributed by atoms with E-state index >= 15 is 0 Å². The number of nitrogens with one attached hydrogen (secondary N) is 1. The fraction of sp³-hybridized carbons (Fsp3) is 0.333. The molecule has 2 aliphatic heterocycles. The Balaban J connectivity index is 1.71. The molecule has 0 aliphatic carbocycles. The summed E-state index contributed by atoms with van der Waals surface area (Å²) < 4.78 is 11.2. The minimum absolute atomic E-state index is 0.107. The molecule has 102 valence electrons. The van der Waals surface area contributed by atoms with Crippen molar-refractivity contribution in [1.29, 1.82) is 0 Å². The molecule has 0 amide bonds. The van der Waals surface area contributed by atoms with E-state index in [-0.39, 0.29) is 11.7 Å². The van der Waals surface area contributed by atoms with Crippen LogP contribution in [0, 0.1) is 0 Å². The van der Waals surface area contributed by atoms with Crippen LogP contribution in [0.5, 0.6) is 5.75 Å². The standard InChI is InChI=1S/C15H14N2O3/c18-15-10-8-19-6-5-11(10)16-14(17-15)13-7-9-3-1-2-4-12(9)20-13/h1-4,13H,5-8H2,(H,16,17,18). The van der Waals surface area contributed by atoms with Crippen LogP contribution in [0.2, 0.25) is 0 Å². The lowest BCUT2D eigenvalue weighted by atomic mass is 10.1. The highest BCUT2D eigenvalue weighted by Gasteiger charge is 2.27. The van der Waals surface area contributed by atoms with Crippen LogP contribution in [0.1, 0.15) is 28.7 Å². The minimum atomic E-state index is -0.201. The molecule has 1 atom stereocenters. The number of benzene rings is 1. The van der Waals surface area contributed by atoms with Crippen molar-refractivity contribution in [3.8, 4) is 5.75 Å². The zero-order chi connectivity index (χ0) is 13.5. The number of nitrogens with zero attached hydrogens (tertiary/aromatic N) is 1. The second kappa shape index (κ2) is 4.45. The molecular weight excluding hydrogens is 256 g/mol.